The van der Waals surface area contributed by atoms with E-state index < -0.39 is 45.3 Å². The van der Waals surface area contributed by atoms with Crippen molar-refractivity contribution in [2.45, 2.75) is 31.8 Å². The van der Waals surface area contributed by atoms with Crippen LogP contribution in [0.25, 0.3) is 0 Å². The van der Waals surface area contributed by atoms with Gasteiger partial charge in [-0.25, -0.2) is 27.1 Å². The molecule has 0 radical (unpaired) electrons. The normalized spacial score (nSPS) is 12.4. The molecule has 1 unspecified atom stereocenters. The van der Waals surface area contributed by atoms with Gasteiger partial charge in [0.25, 0.3) is 5.91 Å². The molecule has 10 heteroatoms. The number of anilines is 1. The third kappa shape index (κ3) is 4.90. The van der Waals surface area contributed by atoms with Gasteiger partial charge in [0.1, 0.15) is 11.6 Å². The van der Waals surface area contributed by atoms with E-state index in [1.807, 2.05) is 0 Å². The SMILES string of the molecule is Cc1cc(C(=O)OC(C)C(=O)Nc2cc(F)ccc2F)cc(S(N)(=O)=O)c1C. The first-order valence-electron chi connectivity index (χ1n) is 8.01. The van der Waals surface area contributed by atoms with Gasteiger partial charge in [-0.1, -0.05) is 0 Å². The van der Waals surface area contributed by atoms with Crippen molar-refractivity contribution in [3.8, 4) is 0 Å². The highest BCUT2D eigenvalue weighted by Crippen LogP contribution is 2.21. The summed E-state index contributed by atoms with van der Waals surface area (Å²) in [5.74, 6) is -3.49. The van der Waals surface area contributed by atoms with Crippen LogP contribution in [-0.4, -0.2) is 26.4 Å². The molecule has 0 saturated carbocycles. The van der Waals surface area contributed by atoms with E-state index in [4.69, 9.17) is 9.88 Å². The Balaban J connectivity index is 2.19. The number of primary sulfonamides is 1. The summed E-state index contributed by atoms with van der Waals surface area (Å²) in [6, 6.07) is 4.95. The van der Waals surface area contributed by atoms with Crippen LogP contribution in [0, 0.1) is 25.5 Å². The number of aryl methyl sites for hydroxylation is 1. The van der Waals surface area contributed by atoms with Crippen molar-refractivity contribution >= 4 is 27.6 Å². The number of nitrogens with one attached hydrogen (secondary N) is 1. The third-order valence-electron chi connectivity index (χ3n) is 4.00. The van der Waals surface area contributed by atoms with Crippen LogP contribution in [0.3, 0.4) is 0 Å². The molecule has 150 valence electrons. The Labute approximate surface area is 160 Å². The standard InChI is InChI=1S/C18H18F2N2O5S/c1-9-6-12(7-16(10(9)2)28(21,25)26)18(24)27-11(3)17(23)22-15-8-13(19)4-5-14(15)20/h4-8,11H,1-3H3,(H,22,23)(H2,21,25,26). The van der Waals surface area contributed by atoms with Gasteiger partial charge in [-0.2, -0.15) is 0 Å². The summed E-state index contributed by atoms with van der Waals surface area (Å²) in [4.78, 5) is 24.2. The lowest BCUT2D eigenvalue weighted by Crippen LogP contribution is -2.30. The fourth-order valence-electron chi connectivity index (χ4n) is 2.35. The molecule has 0 saturated heterocycles. The molecule has 0 heterocycles. The number of halogens is 2. The number of sulfonamides is 1. The molecule has 0 spiro atoms. The summed E-state index contributed by atoms with van der Waals surface area (Å²) in [7, 11) is -4.07. The van der Waals surface area contributed by atoms with Crippen molar-refractivity contribution in [3.05, 3.63) is 58.7 Å². The van der Waals surface area contributed by atoms with Crippen molar-refractivity contribution in [1.29, 1.82) is 0 Å². The summed E-state index contributed by atoms with van der Waals surface area (Å²) in [6.07, 6.45) is -1.37. The third-order valence-corrected chi connectivity index (χ3v) is 5.04. The van der Waals surface area contributed by atoms with Crippen LogP contribution < -0.4 is 10.5 Å². The van der Waals surface area contributed by atoms with Crippen LogP contribution in [0.5, 0.6) is 0 Å². The Morgan fingerprint density at radius 1 is 1.14 bits per heavy atom. The summed E-state index contributed by atoms with van der Waals surface area (Å²) >= 11 is 0. The van der Waals surface area contributed by atoms with E-state index in [-0.39, 0.29) is 10.5 Å². The van der Waals surface area contributed by atoms with Gasteiger partial charge in [0.15, 0.2) is 6.10 Å². The second-order valence-electron chi connectivity index (χ2n) is 6.12. The van der Waals surface area contributed by atoms with Crippen LogP contribution in [0.1, 0.15) is 28.4 Å². The Morgan fingerprint density at radius 2 is 1.79 bits per heavy atom. The molecule has 0 aromatic heterocycles. The summed E-state index contributed by atoms with van der Waals surface area (Å²) in [5, 5.41) is 7.26. The van der Waals surface area contributed by atoms with Gasteiger partial charge in [-0.05, 0) is 56.2 Å². The molecule has 2 aromatic carbocycles. The Hall–Kier alpha value is -2.85. The van der Waals surface area contributed by atoms with Gasteiger partial charge in [0, 0.05) is 6.07 Å². The molecule has 0 aliphatic carbocycles. The quantitative estimate of drug-likeness (QED) is 0.732. The van der Waals surface area contributed by atoms with Gasteiger partial charge in [-0.3, -0.25) is 4.79 Å². The number of benzene rings is 2. The van der Waals surface area contributed by atoms with Gasteiger partial charge < -0.3 is 10.1 Å². The number of rotatable bonds is 5. The second-order valence-corrected chi connectivity index (χ2v) is 7.65. The van der Waals surface area contributed by atoms with Crippen LogP contribution in [0.2, 0.25) is 0 Å². The average molecular weight is 412 g/mol. The first-order chi connectivity index (χ1) is 12.9. The molecule has 2 rings (SSSR count). The number of carbonyl (C=O) groups is 2. The lowest BCUT2D eigenvalue weighted by Gasteiger charge is -2.15. The molecular formula is C18H18F2N2O5S. The number of esters is 1. The van der Waals surface area contributed by atoms with Gasteiger partial charge in [0.05, 0.1) is 16.1 Å². The predicted molar refractivity (Wildman–Crippen MR) is 97.2 cm³/mol. The molecule has 1 amide bonds. The highest BCUT2D eigenvalue weighted by Gasteiger charge is 2.23. The van der Waals surface area contributed by atoms with E-state index in [9.17, 15) is 26.8 Å². The Bertz CT molecular complexity index is 1050. The molecule has 0 fully saturated rings. The maximum atomic E-state index is 13.6. The average Bonchev–Trinajstić information content (AvgIpc) is 2.59. The van der Waals surface area contributed by atoms with Crippen LogP contribution in [0.4, 0.5) is 14.5 Å². The molecule has 0 bridgehead atoms. The zero-order valence-electron chi connectivity index (χ0n) is 15.2. The molecule has 2 aromatic rings. The van der Waals surface area contributed by atoms with E-state index in [1.165, 1.54) is 19.9 Å². The Morgan fingerprint density at radius 3 is 2.39 bits per heavy atom. The maximum Gasteiger partial charge on any atom is 0.338 e. The predicted octanol–water partition coefficient (Wildman–Crippen LogP) is 2.41. The minimum atomic E-state index is -4.07. The van der Waals surface area contributed by atoms with Gasteiger partial charge in [-0.15, -0.1) is 0 Å². The molecule has 28 heavy (non-hydrogen) atoms. The molecule has 0 aliphatic rings. The van der Waals surface area contributed by atoms with Gasteiger partial charge in [0.2, 0.25) is 10.0 Å². The Kier molecular flexibility index (Phi) is 6.15. The molecule has 1 atom stereocenters. The maximum absolute atomic E-state index is 13.6. The van der Waals surface area contributed by atoms with Crippen molar-refractivity contribution in [2.75, 3.05) is 5.32 Å². The van der Waals surface area contributed by atoms with E-state index in [1.54, 1.807) is 6.92 Å². The number of amides is 1. The minimum Gasteiger partial charge on any atom is -0.449 e. The number of ether oxygens (including phenoxy) is 1. The van der Waals surface area contributed by atoms with Crippen molar-refractivity contribution in [1.82, 2.24) is 0 Å². The van der Waals surface area contributed by atoms with E-state index in [2.05, 4.69) is 5.32 Å². The number of hydrogen-bond donors (Lipinski definition) is 2. The first kappa shape index (κ1) is 21.5. The number of nitrogens with two attached hydrogens (primary N) is 1. The first-order valence-corrected chi connectivity index (χ1v) is 9.55. The summed E-state index contributed by atoms with van der Waals surface area (Å²) in [6.45, 7) is 4.35. The van der Waals surface area contributed by atoms with Crippen LogP contribution in [-0.2, 0) is 19.6 Å². The van der Waals surface area contributed by atoms with E-state index in [0.717, 1.165) is 24.3 Å². The minimum absolute atomic E-state index is 0.122. The lowest BCUT2D eigenvalue weighted by molar-refractivity contribution is -0.123. The molecule has 7 nitrogen and oxygen atoms in total. The zero-order chi connectivity index (χ0) is 21.2. The fourth-order valence-corrected chi connectivity index (χ4v) is 3.23. The smallest absolute Gasteiger partial charge is 0.338 e. The van der Waals surface area contributed by atoms with Crippen LogP contribution >= 0.6 is 0 Å². The fraction of sp³-hybridized carbons (Fsp3) is 0.222. The molecule has 0 aliphatic heterocycles. The van der Waals surface area contributed by atoms with E-state index >= 15 is 0 Å². The summed E-state index contributed by atoms with van der Waals surface area (Å²) in [5.41, 5.74) is 0.336. The highest BCUT2D eigenvalue weighted by atomic mass is 32.2. The van der Waals surface area contributed by atoms with Crippen LogP contribution in [0.15, 0.2) is 35.2 Å². The number of carbonyl (C=O) groups excluding carboxylic acids is 2. The zero-order valence-corrected chi connectivity index (χ0v) is 16.1. The number of hydrogen-bond acceptors (Lipinski definition) is 5. The van der Waals surface area contributed by atoms with Crippen molar-refractivity contribution in [2.24, 2.45) is 5.14 Å². The lowest BCUT2D eigenvalue weighted by atomic mass is 10.1. The second kappa shape index (κ2) is 8.03. The molecule has 3 N–H and O–H groups in total. The van der Waals surface area contributed by atoms with Gasteiger partial charge >= 0.3 is 5.97 Å². The van der Waals surface area contributed by atoms with Crippen molar-refractivity contribution < 1.29 is 31.5 Å². The largest absolute Gasteiger partial charge is 0.449 e. The van der Waals surface area contributed by atoms with Crippen molar-refractivity contribution in [3.63, 3.8) is 0 Å². The topological polar surface area (TPSA) is 116 Å². The molecular weight excluding hydrogens is 394 g/mol. The monoisotopic (exact) mass is 412 g/mol. The summed E-state index contributed by atoms with van der Waals surface area (Å²) < 4.78 is 55.1. The van der Waals surface area contributed by atoms with E-state index in [0.29, 0.717) is 11.1 Å². The highest BCUT2D eigenvalue weighted by molar-refractivity contribution is 7.89.